The number of likely N-dealkylation sites (tertiary alicyclic amines) is 1. The van der Waals surface area contributed by atoms with E-state index in [1.165, 1.54) is 0 Å². The number of nitrogens with one attached hydrogen (secondary N) is 2. The number of fused-ring (bicyclic) bond motifs is 1. The van der Waals surface area contributed by atoms with Crippen LogP contribution in [-0.2, 0) is 4.57 Å². The fraction of sp³-hybridized carbons (Fsp3) is 0.333. The monoisotopic (exact) mass is 564 g/mol. The van der Waals surface area contributed by atoms with E-state index in [2.05, 4.69) is 33.1 Å². The van der Waals surface area contributed by atoms with Crippen molar-refractivity contribution in [2.24, 2.45) is 0 Å². The number of benzene rings is 2. The van der Waals surface area contributed by atoms with Gasteiger partial charge in [0.05, 0.1) is 41.5 Å². The van der Waals surface area contributed by atoms with E-state index in [9.17, 15) is 8.96 Å². The third kappa shape index (κ3) is 6.01. The number of rotatable bonds is 7. The lowest BCUT2D eigenvalue weighted by Crippen LogP contribution is -2.46. The van der Waals surface area contributed by atoms with Crippen LogP contribution in [0.25, 0.3) is 15.8 Å². The van der Waals surface area contributed by atoms with Crippen LogP contribution in [0.4, 0.5) is 15.8 Å². The van der Waals surface area contributed by atoms with Crippen molar-refractivity contribution in [2.75, 3.05) is 57.8 Å². The van der Waals surface area contributed by atoms with Crippen LogP contribution >= 0.6 is 18.5 Å². The summed E-state index contributed by atoms with van der Waals surface area (Å²) >= 11 is 1.62. The average Bonchev–Trinajstić information content (AvgIpc) is 3.55. The minimum atomic E-state index is -2.38. The highest BCUT2D eigenvalue weighted by molar-refractivity contribution is 7.70. The number of hydrogen-bond acceptors (Lipinski definition) is 6. The molecule has 0 spiro atoms. The van der Waals surface area contributed by atoms with Crippen molar-refractivity contribution in [3.8, 4) is 23.3 Å². The number of thiophene rings is 1. The molecule has 0 amide bonds. The zero-order valence-corrected chi connectivity index (χ0v) is 24.4. The average molecular weight is 565 g/mol. The number of hydrogen-bond donors (Lipinski definition) is 2. The van der Waals surface area contributed by atoms with Crippen molar-refractivity contribution in [1.29, 1.82) is 0 Å². The van der Waals surface area contributed by atoms with E-state index in [-0.39, 0.29) is 6.04 Å². The molecule has 5 rings (SSSR count). The van der Waals surface area contributed by atoms with Crippen molar-refractivity contribution < 1.29 is 13.7 Å². The van der Waals surface area contributed by atoms with Crippen LogP contribution < -0.4 is 20.7 Å². The number of anilines is 2. The smallest absolute Gasteiger partial charge is 0.142 e. The maximum absolute atomic E-state index is 14.8. The lowest BCUT2D eigenvalue weighted by atomic mass is 10.0. The molecule has 39 heavy (non-hydrogen) atoms. The van der Waals surface area contributed by atoms with Crippen LogP contribution in [0.1, 0.15) is 11.3 Å². The number of alkyl halides is 1. The zero-order chi connectivity index (χ0) is 27.6. The summed E-state index contributed by atoms with van der Waals surface area (Å²) in [4.78, 5) is 2.98. The molecular weight excluding hydrogens is 530 g/mol. The molecule has 1 aliphatic rings. The molecule has 0 unspecified atom stereocenters. The molecule has 3 heterocycles. The van der Waals surface area contributed by atoms with Gasteiger partial charge >= 0.3 is 0 Å². The van der Waals surface area contributed by atoms with Gasteiger partial charge in [0.2, 0.25) is 0 Å². The standard InChI is InChI=1S/C30H34FN4O2PS/c1-34-18-14-24(23(31)20-34)33-26-10-7-9-22-29(35-16-5-6-17-35)28(39-30(22)26)11-8-15-32-25-13-12-21(38(3,4)36)19-27(25)37-2/h5-7,9-10,12-13,16-17,19,23-24,32-33H,14-15,18,20H2,1-4H3/t23-,24-/m0/s1. The van der Waals surface area contributed by atoms with Gasteiger partial charge in [-0.3, -0.25) is 0 Å². The molecule has 0 bridgehead atoms. The minimum Gasteiger partial charge on any atom is -0.495 e. The van der Waals surface area contributed by atoms with Gasteiger partial charge in [-0.25, -0.2) is 4.39 Å². The first-order valence-corrected chi connectivity index (χ1v) is 16.4. The lowest BCUT2D eigenvalue weighted by molar-refractivity contribution is 0.149. The molecule has 0 saturated carbocycles. The summed E-state index contributed by atoms with van der Waals surface area (Å²) in [6.07, 6.45) is 3.89. The number of piperidine rings is 1. The third-order valence-corrected chi connectivity index (χ3v) is 9.68. The maximum atomic E-state index is 14.8. The first kappa shape index (κ1) is 27.3. The van der Waals surface area contributed by atoms with Gasteiger partial charge in [0, 0.05) is 36.2 Å². The summed E-state index contributed by atoms with van der Waals surface area (Å²) in [5, 5.41) is 8.69. The Labute approximate surface area is 233 Å². The quantitative estimate of drug-likeness (QED) is 0.217. The van der Waals surface area contributed by atoms with E-state index in [4.69, 9.17) is 4.74 Å². The second-order valence-electron chi connectivity index (χ2n) is 10.3. The fourth-order valence-corrected chi connectivity index (χ4v) is 6.90. The number of nitrogens with zero attached hydrogens (tertiary/aromatic N) is 2. The van der Waals surface area contributed by atoms with Gasteiger partial charge in [-0.1, -0.05) is 24.0 Å². The Hall–Kier alpha value is -3.24. The van der Waals surface area contributed by atoms with Crippen LogP contribution in [0.15, 0.2) is 60.9 Å². The molecule has 0 radical (unpaired) electrons. The van der Waals surface area contributed by atoms with Crippen molar-refractivity contribution in [1.82, 2.24) is 9.47 Å². The van der Waals surface area contributed by atoms with Crippen molar-refractivity contribution in [3.63, 3.8) is 0 Å². The van der Waals surface area contributed by atoms with Crippen LogP contribution in [0, 0.1) is 11.8 Å². The molecule has 0 aliphatic carbocycles. The maximum Gasteiger partial charge on any atom is 0.142 e. The predicted molar refractivity (Wildman–Crippen MR) is 163 cm³/mol. The summed E-state index contributed by atoms with van der Waals surface area (Å²) in [6.45, 7) is 5.23. The Kier molecular flexibility index (Phi) is 8.04. The zero-order valence-electron chi connectivity index (χ0n) is 22.7. The molecule has 4 aromatic rings. The highest BCUT2D eigenvalue weighted by Crippen LogP contribution is 2.39. The highest BCUT2D eigenvalue weighted by Gasteiger charge is 2.28. The first-order valence-electron chi connectivity index (χ1n) is 13.0. The molecule has 2 aromatic carbocycles. The molecule has 204 valence electrons. The Balaban J connectivity index is 1.43. The van der Waals surface area contributed by atoms with Gasteiger partial charge in [-0.2, -0.15) is 0 Å². The summed E-state index contributed by atoms with van der Waals surface area (Å²) in [6, 6.07) is 15.5. The molecule has 1 fully saturated rings. The Morgan fingerprint density at radius 1 is 1.15 bits per heavy atom. The van der Waals surface area contributed by atoms with Gasteiger partial charge in [-0.15, -0.1) is 11.3 Å². The van der Waals surface area contributed by atoms with Crippen molar-refractivity contribution in [2.45, 2.75) is 18.6 Å². The fourth-order valence-electron chi connectivity index (χ4n) is 4.89. The molecule has 6 nitrogen and oxygen atoms in total. The van der Waals surface area contributed by atoms with Crippen molar-refractivity contribution >= 4 is 45.2 Å². The van der Waals surface area contributed by atoms with Gasteiger partial charge in [0.15, 0.2) is 0 Å². The normalized spacial score (nSPS) is 18.0. The number of halogens is 1. The number of ether oxygens (including phenoxy) is 1. The van der Waals surface area contributed by atoms with E-state index in [0.717, 1.165) is 50.3 Å². The number of aromatic nitrogens is 1. The summed E-state index contributed by atoms with van der Waals surface area (Å²) in [5.41, 5.74) is 2.78. The topological polar surface area (TPSA) is 58.5 Å². The van der Waals surface area contributed by atoms with Gasteiger partial charge in [0.25, 0.3) is 0 Å². The minimum absolute atomic E-state index is 0.210. The van der Waals surface area contributed by atoms with Crippen LogP contribution in [0.3, 0.4) is 0 Å². The Morgan fingerprint density at radius 3 is 2.67 bits per heavy atom. The molecule has 1 saturated heterocycles. The van der Waals surface area contributed by atoms with Gasteiger partial charge in [0.1, 0.15) is 23.9 Å². The van der Waals surface area contributed by atoms with Crippen molar-refractivity contribution in [3.05, 3.63) is 65.8 Å². The molecule has 9 heteroatoms. The molecule has 2 aromatic heterocycles. The predicted octanol–water partition coefficient (Wildman–Crippen LogP) is 5.87. The SMILES string of the molecule is COc1cc(P(C)(C)=O)ccc1NCC#Cc1sc2c(N[C@H]3CCN(C)C[C@@H]3F)cccc2c1-n1cccc1. The molecular formula is C30H34FN4O2PS. The second kappa shape index (κ2) is 11.5. The third-order valence-electron chi connectivity index (χ3n) is 7.01. The van der Waals surface area contributed by atoms with Crippen LogP contribution in [0.2, 0.25) is 0 Å². The Bertz CT molecular complexity index is 1570. The summed E-state index contributed by atoms with van der Waals surface area (Å²) < 4.78 is 36.0. The largest absolute Gasteiger partial charge is 0.495 e. The van der Waals surface area contributed by atoms with E-state index in [1.54, 1.807) is 31.8 Å². The van der Waals surface area contributed by atoms with Crippen LogP contribution in [0.5, 0.6) is 5.75 Å². The molecule has 1 aliphatic heterocycles. The van der Waals surface area contributed by atoms with Crippen LogP contribution in [-0.4, -0.2) is 68.8 Å². The van der Waals surface area contributed by atoms with Gasteiger partial charge < -0.3 is 29.4 Å². The second-order valence-corrected chi connectivity index (χ2v) is 14.5. The molecule has 2 N–H and O–H groups in total. The van der Waals surface area contributed by atoms with Gasteiger partial charge in [-0.05, 0) is 63.2 Å². The van der Waals surface area contributed by atoms with E-state index < -0.39 is 13.3 Å². The first-order chi connectivity index (χ1) is 18.7. The Morgan fingerprint density at radius 2 is 1.95 bits per heavy atom. The number of methoxy groups -OCH3 is 1. The summed E-state index contributed by atoms with van der Waals surface area (Å²) in [7, 11) is 1.19. The molecule has 2 atom stereocenters. The highest BCUT2D eigenvalue weighted by atomic mass is 32.1. The summed E-state index contributed by atoms with van der Waals surface area (Å²) in [5.74, 6) is 7.28. The van der Waals surface area contributed by atoms with E-state index >= 15 is 0 Å². The van der Waals surface area contributed by atoms with E-state index in [0.29, 0.717) is 18.8 Å². The lowest BCUT2D eigenvalue weighted by Gasteiger charge is -2.33. The van der Waals surface area contributed by atoms with E-state index in [1.807, 2.05) is 66.8 Å².